The molecular formula is C10H14BrN3S. The van der Waals surface area contributed by atoms with E-state index < -0.39 is 0 Å². The van der Waals surface area contributed by atoms with Crippen molar-refractivity contribution in [3.8, 4) is 0 Å². The van der Waals surface area contributed by atoms with E-state index in [4.69, 9.17) is 0 Å². The third kappa shape index (κ3) is 4.99. The van der Waals surface area contributed by atoms with Gasteiger partial charge in [-0.15, -0.1) is 0 Å². The summed E-state index contributed by atoms with van der Waals surface area (Å²) >= 11 is 4.98. The highest BCUT2D eigenvalue weighted by atomic mass is 79.9. The molecule has 1 rings (SSSR count). The number of nitrogens with zero attached hydrogens (tertiary/aromatic N) is 1. The van der Waals surface area contributed by atoms with Crippen LogP contribution < -0.4 is 10.6 Å². The number of nitrogens with one attached hydrogen (secondary N) is 2. The third-order valence-corrected chi connectivity index (χ3v) is 2.72. The van der Waals surface area contributed by atoms with Crippen LogP contribution in [0.15, 0.2) is 32.9 Å². The van der Waals surface area contributed by atoms with Gasteiger partial charge in [0, 0.05) is 24.6 Å². The van der Waals surface area contributed by atoms with Crippen LogP contribution in [0.25, 0.3) is 0 Å². The van der Waals surface area contributed by atoms with Crippen molar-refractivity contribution in [3.05, 3.63) is 33.5 Å². The molecule has 0 saturated carbocycles. The quantitative estimate of drug-likeness (QED) is 0.659. The minimum absolute atomic E-state index is 0.670. The van der Waals surface area contributed by atoms with Gasteiger partial charge in [-0.05, 0) is 22.4 Å². The highest BCUT2D eigenvalue weighted by Crippen LogP contribution is 2.04. The van der Waals surface area contributed by atoms with Crippen molar-refractivity contribution >= 4 is 33.2 Å². The Morgan fingerprint density at radius 1 is 1.60 bits per heavy atom. The van der Waals surface area contributed by atoms with E-state index in [2.05, 4.69) is 55.0 Å². The molecule has 15 heavy (non-hydrogen) atoms. The van der Waals surface area contributed by atoms with E-state index in [1.54, 1.807) is 18.4 Å². The van der Waals surface area contributed by atoms with Crippen molar-refractivity contribution in [2.45, 2.75) is 6.54 Å². The summed E-state index contributed by atoms with van der Waals surface area (Å²) in [6.45, 7) is 5.20. The number of guanidine groups is 1. The van der Waals surface area contributed by atoms with Gasteiger partial charge in [0.2, 0.25) is 0 Å². The Morgan fingerprint density at radius 2 is 2.40 bits per heavy atom. The summed E-state index contributed by atoms with van der Waals surface area (Å²) < 4.78 is 0.904. The van der Waals surface area contributed by atoms with Crippen LogP contribution in [-0.2, 0) is 6.54 Å². The van der Waals surface area contributed by atoms with Crippen LogP contribution in [0, 0.1) is 0 Å². The lowest BCUT2D eigenvalue weighted by Gasteiger charge is -2.10. The van der Waals surface area contributed by atoms with Crippen molar-refractivity contribution in [2.24, 2.45) is 4.99 Å². The number of hydrogen-bond acceptors (Lipinski definition) is 2. The molecule has 0 saturated heterocycles. The summed E-state index contributed by atoms with van der Waals surface area (Å²) in [5.74, 6) is 0.779. The molecule has 0 fully saturated rings. The molecule has 3 nitrogen and oxygen atoms in total. The molecule has 0 aromatic carbocycles. The normalized spacial score (nSPS) is 11.2. The second-order valence-corrected chi connectivity index (χ2v) is 4.83. The maximum Gasteiger partial charge on any atom is 0.191 e. The fraction of sp³-hybridized carbons (Fsp3) is 0.300. The maximum atomic E-state index is 4.10. The molecule has 0 aliphatic carbocycles. The average Bonchev–Trinajstić information content (AvgIpc) is 2.70. The van der Waals surface area contributed by atoms with E-state index in [1.165, 1.54) is 5.56 Å². The number of rotatable bonds is 4. The molecule has 0 amide bonds. The van der Waals surface area contributed by atoms with E-state index in [1.807, 2.05) is 0 Å². The summed E-state index contributed by atoms with van der Waals surface area (Å²) in [6, 6.07) is 2.09. The molecule has 0 bridgehead atoms. The maximum absolute atomic E-state index is 4.10. The summed E-state index contributed by atoms with van der Waals surface area (Å²) in [4.78, 5) is 4.10. The first-order valence-corrected chi connectivity index (χ1v) is 6.25. The molecule has 1 aromatic heterocycles. The van der Waals surface area contributed by atoms with Gasteiger partial charge < -0.3 is 10.6 Å². The number of halogens is 1. The van der Waals surface area contributed by atoms with Crippen LogP contribution in [0.3, 0.4) is 0 Å². The molecule has 0 radical (unpaired) electrons. The van der Waals surface area contributed by atoms with E-state index in [0.717, 1.165) is 17.0 Å². The average molecular weight is 288 g/mol. The van der Waals surface area contributed by atoms with Gasteiger partial charge >= 0.3 is 0 Å². The van der Waals surface area contributed by atoms with Gasteiger partial charge in [0.15, 0.2) is 5.96 Å². The Morgan fingerprint density at radius 3 is 2.93 bits per heavy atom. The highest BCUT2D eigenvalue weighted by Gasteiger charge is 1.97. The lowest BCUT2D eigenvalue weighted by Crippen LogP contribution is -2.37. The first-order valence-electron chi connectivity index (χ1n) is 4.51. The third-order valence-electron chi connectivity index (χ3n) is 1.71. The van der Waals surface area contributed by atoms with Crippen LogP contribution in [0.2, 0.25) is 0 Å². The van der Waals surface area contributed by atoms with Crippen molar-refractivity contribution in [3.63, 3.8) is 0 Å². The zero-order chi connectivity index (χ0) is 11.1. The van der Waals surface area contributed by atoms with E-state index in [0.29, 0.717) is 6.54 Å². The molecule has 1 aromatic rings. The van der Waals surface area contributed by atoms with Gasteiger partial charge in [0.1, 0.15) is 0 Å². The van der Waals surface area contributed by atoms with E-state index in [-0.39, 0.29) is 0 Å². The molecule has 0 unspecified atom stereocenters. The standard InChI is InChI=1S/C10H14BrN3S/c1-8(11)5-13-10(12-2)14-6-9-3-4-15-7-9/h3-4,7H,1,5-6H2,2H3,(H2,12,13,14). The van der Waals surface area contributed by atoms with Gasteiger partial charge in [-0.1, -0.05) is 22.5 Å². The molecular weight excluding hydrogens is 274 g/mol. The predicted molar refractivity (Wildman–Crippen MR) is 70.6 cm³/mol. The van der Waals surface area contributed by atoms with E-state index in [9.17, 15) is 0 Å². The lowest BCUT2D eigenvalue weighted by atomic mass is 10.3. The van der Waals surface area contributed by atoms with Gasteiger partial charge in [0.25, 0.3) is 0 Å². The minimum Gasteiger partial charge on any atom is -0.352 e. The molecule has 0 aliphatic heterocycles. The van der Waals surface area contributed by atoms with Crippen molar-refractivity contribution < 1.29 is 0 Å². The molecule has 82 valence electrons. The monoisotopic (exact) mass is 287 g/mol. The first kappa shape index (κ1) is 12.3. The van der Waals surface area contributed by atoms with E-state index >= 15 is 0 Å². The van der Waals surface area contributed by atoms with Crippen LogP contribution in [0.1, 0.15) is 5.56 Å². The van der Waals surface area contributed by atoms with Crippen molar-refractivity contribution in [1.29, 1.82) is 0 Å². The molecule has 0 spiro atoms. The van der Waals surface area contributed by atoms with Gasteiger partial charge in [-0.3, -0.25) is 4.99 Å². The summed E-state index contributed by atoms with van der Waals surface area (Å²) in [5, 5.41) is 10.5. The molecule has 2 N–H and O–H groups in total. The van der Waals surface area contributed by atoms with Crippen molar-refractivity contribution in [1.82, 2.24) is 10.6 Å². The summed E-state index contributed by atoms with van der Waals surface area (Å²) in [5.41, 5.74) is 1.26. The second kappa shape index (κ2) is 6.63. The highest BCUT2D eigenvalue weighted by molar-refractivity contribution is 9.11. The molecule has 0 aliphatic rings. The van der Waals surface area contributed by atoms with Crippen LogP contribution in [0.5, 0.6) is 0 Å². The topological polar surface area (TPSA) is 36.4 Å². The Hall–Kier alpha value is -0.810. The Kier molecular flexibility index (Phi) is 5.42. The largest absolute Gasteiger partial charge is 0.352 e. The van der Waals surface area contributed by atoms with Crippen LogP contribution >= 0.6 is 27.3 Å². The van der Waals surface area contributed by atoms with Crippen LogP contribution in [-0.4, -0.2) is 19.6 Å². The molecule has 0 atom stereocenters. The lowest BCUT2D eigenvalue weighted by molar-refractivity contribution is 0.848. The van der Waals surface area contributed by atoms with Gasteiger partial charge in [-0.25, -0.2) is 0 Å². The molecule has 5 heteroatoms. The number of hydrogen-bond donors (Lipinski definition) is 2. The number of thiophene rings is 1. The SMILES string of the molecule is C=C(Br)CNC(=NC)NCc1ccsc1. The summed E-state index contributed by atoms with van der Waals surface area (Å²) in [7, 11) is 1.75. The smallest absolute Gasteiger partial charge is 0.191 e. The zero-order valence-corrected chi connectivity index (χ0v) is 11.0. The van der Waals surface area contributed by atoms with Gasteiger partial charge in [-0.2, -0.15) is 11.3 Å². The van der Waals surface area contributed by atoms with Crippen LogP contribution in [0.4, 0.5) is 0 Å². The second-order valence-electron chi connectivity index (χ2n) is 2.93. The fourth-order valence-corrected chi connectivity index (χ4v) is 1.79. The Bertz CT molecular complexity index is 332. The summed E-state index contributed by atoms with van der Waals surface area (Å²) in [6.07, 6.45) is 0. The van der Waals surface area contributed by atoms with Gasteiger partial charge in [0.05, 0.1) is 0 Å². The van der Waals surface area contributed by atoms with Crippen molar-refractivity contribution in [2.75, 3.05) is 13.6 Å². The first-order chi connectivity index (χ1) is 7.22. The molecule has 1 heterocycles. The predicted octanol–water partition coefficient (Wildman–Crippen LogP) is 2.32. The number of aliphatic imine (C=N–C) groups is 1. The Balaban J connectivity index is 2.32. The fourth-order valence-electron chi connectivity index (χ4n) is 0.979. The minimum atomic E-state index is 0.670. The zero-order valence-electron chi connectivity index (χ0n) is 8.59. The Labute approximate surface area is 102 Å².